The van der Waals surface area contributed by atoms with Crippen LogP contribution in [0.4, 0.5) is 0 Å². The second kappa shape index (κ2) is 8.96. The Labute approximate surface area is 137 Å². The molecular weight excluding hydrogens is 290 g/mol. The number of rotatable bonds is 8. The van der Waals surface area contributed by atoms with Gasteiger partial charge in [-0.25, -0.2) is 0 Å². The van der Waals surface area contributed by atoms with Crippen LogP contribution in [-0.4, -0.2) is 30.8 Å². The van der Waals surface area contributed by atoms with Crippen LogP contribution in [0.5, 0.6) is 5.75 Å². The SMILES string of the molecule is Cc1cccc(CCCOc2ccc(C(=O)NCCO)cc2)c1. The molecule has 0 spiro atoms. The summed E-state index contributed by atoms with van der Waals surface area (Å²) >= 11 is 0. The molecule has 0 bridgehead atoms. The van der Waals surface area contributed by atoms with E-state index in [-0.39, 0.29) is 19.1 Å². The third-order valence-electron chi connectivity index (χ3n) is 3.47. The molecule has 4 nitrogen and oxygen atoms in total. The molecule has 122 valence electrons. The minimum atomic E-state index is -0.190. The molecule has 0 aliphatic carbocycles. The summed E-state index contributed by atoms with van der Waals surface area (Å²) in [6.45, 7) is 2.94. The van der Waals surface area contributed by atoms with Gasteiger partial charge in [-0.3, -0.25) is 4.79 Å². The Morgan fingerprint density at radius 1 is 1.17 bits per heavy atom. The highest BCUT2D eigenvalue weighted by Gasteiger charge is 2.04. The average Bonchev–Trinajstić information content (AvgIpc) is 2.57. The number of carbonyl (C=O) groups is 1. The summed E-state index contributed by atoms with van der Waals surface area (Å²) in [4.78, 5) is 11.7. The van der Waals surface area contributed by atoms with E-state index in [1.54, 1.807) is 24.3 Å². The summed E-state index contributed by atoms with van der Waals surface area (Å²) in [6.07, 6.45) is 1.94. The molecule has 0 aliphatic rings. The van der Waals surface area contributed by atoms with Gasteiger partial charge >= 0.3 is 0 Å². The molecular formula is C19H23NO3. The molecule has 0 heterocycles. The van der Waals surface area contributed by atoms with E-state index in [0.717, 1.165) is 18.6 Å². The van der Waals surface area contributed by atoms with E-state index in [2.05, 4.69) is 36.5 Å². The molecule has 2 N–H and O–H groups in total. The van der Waals surface area contributed by atoms with Gasteiger partial charge in [0.1, 0.15) is 5.75 Å². The Bertz CT molecular complexity index is 623. The Morgan fingerprint density at radius 3 is 2.65 bits per heavy atom. The fourth-order valence-corrected chi connectivity index (χ4v) is 2.31. The van der Waals surface area contributed by atoms with Crippen LogP contribution < -0.4 is 10.1 Å². The second-order valence-corrected chi connectivity index (χ2v) is 5.44. The van der Waals surface area contributed by atoms with E-state index in [9.17, 15) is 4.79 Å². The normalized spacial score (nSPS) is 10.3. The van der Waals surface area contributed by atoms with Crippen molar-refractivity contribution < 1.29 is 14.6 Å². The molecule has 0 aliphatic heterocycles. The third kappa shape index (κ3) is 5.75. The van der Waals surface area contributed by atoms with Gasteiger partial charge in [0.15, 0.2) is 0 Å². The number of hydrogen-bond donors (Lipinski definition) is 2. The highest BCUT2D eigenvalue weighted by molar-refractivity contribution is 5.94. The number of ether oxygens (including phenoxy) is 1. The summed E-state index contributed by atoms with van der Waals surface area (Å²) in [7, 11) is 0. The van der Waals surface area contributed by atoms with Crippen LogP contribution in [0.15, 0.2) is 48.5 Å². The Kier molecular flexibility index (Phi) is 6.63. The van der Waals surface area contributed by atoms with Gasteiger partial charge in [0.05, 0.1) is 13.2 Å². The molecule has 0 fully saturated rings. The first kappa shape index (κ1) is 17.0. The van der Waals surface area contributed by atoms with E-state index in [1.807, 2.05) is 0 Å². The molecule has 4 heteroatoms. The number of benzene rings is 2. The third-order valence-corrected chi connectivity index (χ3v) is 3.47. The zero-order chi connectivity index (χ0) is 16.5. The van der Waals surface area contributed by atoms with Crippen molar-refractivity contribution in [1.82, 2.24) is 5.32 Å². The Hall–Kier alpha value is -2.33. The maximum atomic E-state index is 11.7. The number of aryl methyl sites for hydroxylation is 2. The lowest BCUT2D eigenvalue weighted by Crippen LogP contribution is -2.26. The largest absolute Gasteiger partial charge is 0.494 e. The van der Waals surface area contributed by atoms with Crippen molar-refractivity contribution in [2.24, 2.45) is 0 Å². The van der Waals surface area contributed by atoms with Gasteiger partial charge in [0.2, 0.25) is 0 Å². The van der Waals surface area contributed by atoms with E-state index >= 15 is 0 Å². The Balaban J connectivity index is 1.74. The van der Waals surface area contributed by atoms with Gasteiger partial charge in [0, 0.05) is 12.1 Å². The highest BCUT2D eigenvalue weighted by atomic mass is 16.5. The van der Waals surface area contributed by atoms with Gasteiger partial charge in [-0.1, -0.05) is 29.8 Å². The van der Waals surface area contributed by atoms with E-state index in [0.29, 0.717) is 12.2 Å². The number of hydrogen-bond acceptors (Lipinski definition) is 3. The Morgan fingerprint density at radius 2 is 1.96 bits per heavy atom. The summed E-state index contributed by atoms with van der Waals surface area (Å²) in [5, 5.41) is 11.3. The maximum Gasteiger partial charge on any atom is 0.251 e. The van der Waals surface area contributed by atoms with Crippen LogP contribution in [0, 0.1) is 6.92 Å². The van der Waals surface area contributed by atoms with Crippen LogP contribution in [-0.2, 0) is 6.42 Å². The summed E-state index contributed by atoms with van der Waals surface area (Å²) < 4.78 is 5.70. The van der Waals surface area contributed by atoms with Crippen molar-refractivity contribution in [3.8, 4) is 5.75 Å². The first-order valence-corrected chi connectivity index (χ1v) is 7.86. The number of aliphatic hydroxyl groups excluding tert-OH is 1. The lowest BCUT2D eigenvalue weighted by atomic mass is 10.1. The molecule has 2 aromatic carbocycles. The molecule has 2 aromatic rings. The lowest BCUT2D eigenvalue weighted by Gasteiger charge is -2.08. The van der Waals surface area contributed by atoms with Crippen molar-refractivity contribution in [3.63, 3.8) is 0 Å². The molecule has 23 heavy (non-hydrogen) atoms. The van der Waals surface area contributed by atoms with Gasteiger partial charge in [-0.05, 0) is 49.6 Å². The highest BCUT2D eigenvalue weighted by Crippen LogP contribution is 2.13. The monoisotopic (exact) mass is 313 g/mol. The predicted octanol–water partition coefficient (Wildman–Crippen LogP) is 2.73. The zero-order valence-corrected chi connectivity index (χ0v) is 13.4. The predicted molar refractivity (Wildman–Crippen MR) is 90.9 cm³/mol. The molecule has 2 rings (SSSR count). The van der Waals surface area contributed by atoms with Crippen molar-refractivity contribution in [2.75, 3.05) is 19.8 Å². The van der Waals surface area contributed by atoms with Crippen molar-refractivity contribution in [3.05, 3.63) is 65.2 Å². The lowest BCUT2D eigenvalue weighted by molar-refractivity contribution is 0.0944. The van der Waals surface area contributed by atoms with Gasteiger partial charge < -0.3 is 15.2 Å². The molecule has 1 amide bonds. The number of nitrogens with one attached hydrogen (secondary N) is 1. The van der Waals surface area contributed by atoms with Crippen LogP contribution in [0.2, 0.25) is 0 Å². The van der Waals surface area contributed by atoms with Crippen LogP contribution in [0.3, 0.4) is 0 Å². The van der Waals surface area contributed by atoms with Gasteiger partial charge in [-0.15, -0.1) is 0 Å². The van der Waals surface area contributed by atoms with Crippen molar-refractivity contribution >= 4 is 5.91 Å². The van der Waals surface area contributed by atoms with E-state index in [4.69, 9.17) is 9.84 Å². The fourth-order valence-electron chi connectivity index (χ4n) is 2.31. The molecule has 0 radical (unpaired) electrons. The molecule has 0 saturated carbocycles. The first-order chi connectivity index (χ1) is 11.2. The van der Waals surface area contributed by atoms with Gasteiger partial charge in [-0.2, -0.15) is 0 Å². The second-order valence-electron chi connectivity index (χ2n) is 5.44. The number of amides is 1. The number of aliphatic hydroxyl groups is 1. The van der Waals surface area contributed by atoms with Crippen molar-refractivity contribution in [1.29, 1.82) is 0 Å². The van der Waals surface area contributed by atoms with E-state index < -0.39 is 0 Å². The fraction of sp³-hybridized carbons (Fsp3) is 0.316. The van der Waals surface area contributed by atoms with Gasteiger partial charge in [0.25, 0.3) is 5.91 Å². The maximum absolute atomic E-state index is 11.7. The zero-order valence-electron chi connectivity index (χ0n) is 13.4. The molecule has 0 unspecified atom stereocenters. The first-order valence-electron chi connectivity index (χ1n) is 7.86. The smallest absolute Gasteiger partial charge is 0.251 e. The standard InChI is InChI=1S/C19H23NO3/c1-15-4-2-5-16(14-15)6-3-13-23-18-9-7-17(8-10-18)19(22)20-11-12-21/h2,4-5,7-10,14,21H,3,6,11-13H2,1H3,(H,20,22). The average molecular weight is 313 g/mol. The quantitative estimate of drug-likeness (QED) is 0.737. The topological polar surface area (TPSA) is 58.6 Å². The van der Waals surface area contributed by atoms with Crippen molar-refractivity contribution in [2.45, 2.75) is 19.8 Å². The molecule has 0 atom stereocenters. The summed E-state index contributed by atoms with van der Waals surface area (Å²) in [5.74, 6) is 0.568. The van der Waals surface area contributed by atoms with E-state index in [1.165, 1.54) is 11.1 Å². The minimum Gasteiger partial charge on any atom is -0.494 e. The number of carbonyl (C=O) groups excluding carboxylic acids is 1. The minimum absolute atomic E-state index is 0.0616. The van der Waals surface area contributed by atoms with Crippen LogP contribution in [0.25, 0.3) is 0 Å². The van der Waals surface area contributed by atoms with Crippen LogP contribution >= 0.6 is 0 Å². The van der Waals surface area contributed by atoms with Crippen LogP contribution in [0.1, 0.15) is 27.9 Å². The summed E-state index contributed by atoms with van der Waals surface area (Å²) in [6, 6.07) is 15.5. The molecule has 0 saturated heterocycles. The molecule has 0 aromatic heterocycles. The summed E-state index contributed by atoms with van der Waals surface area (Å²) in [5.41, 5.74) is 3.16.